The maximum atomic E-state index is 13.6. The van der Waals surface area contributed by atoms with Crippen molar-refractivity contribution in [1.82, 2.24) is 10.9 Å². The van der Waals surface area contributed by atoms with Crippen molar-refractivity contribution in [1.29, 1.82) is 0 Å². The van der Waals surface area contributed by atoms with E-state index in [1.807, 2.05) is 0 Å². The van der Waals surface area contributed by atoms with Crippen molar-refractivity contribution in [2.24, 2.45) is 0 Å². The van der Waals surface area contributed by atoms with E-state index in [2.05, 4.69) is 15.6 Å². The van der Waals surface area contributed by atoms with Crippen molar-refractivity contribution in [3.63, 3.8) is 0 Å². The summed E-state index contributed by atoms with van der Waals surface area (Å²) in [6.07, 6.45) is -1.09. The number of benzene rings is 2. The summed E-state index contributed by atoms with van der Waals surface area (Å²) in [4.78, 5) is 24.1. The van der Waals surface area contributed by atoms with Crippen molar-refractivity contribution in [3.8, 4) is 5.75 Å². The zero-order valence-corrected chi connectivity index (χ0v) is 18.5. The number of sulfonamides is 1. The van der Waals surface area contributed by atoms with Crippen LogP contribution in [0.25, 0.3) is 0 Å². The molecule has 0 aliphatic heterocycles. The molecule has 1 atom stereocenters. The number of para-hydroxylation sites is 1. The summed E-state index contributed by atoms with van der Waals surface area (Å²) in [5.74, 6) is -1.82. The first-order chi connectivity index (χ1) is 15.2. The normalized spacial score (nSPS) is 11.9. The number of carbonyl (C=O) groups is 2. The van der Waals surface area contributed by atoms with Crippen molar-refractivity contribution < 1.29 is 27.1 Å². The monoisotopic (exact) mass is 477 g/mol. The molecule has 0 spiro atoms. The Morgan fingerprint density at radius 1 is 1.03 bits per heavy atom. The van der Waals surface area contributed by atoms with Crippen LogP contribution in [0.5, 0.6) is 5.75 Å². The van der Waals surface area contributed by atoms with Gasteiger partial charge >= 0.3 is 0 Å². The molecule has 1 unspecified atom stereocenters. The lowest BCUT2D eigenvalue weighted by Gasteiger charge is -2.15. The first-order valence-electron chi connectivity index (χ1n) is 9.40. The third kappa shape index (κ3) is 6.28. The van der Waals surface area contributed by atoms with Gasteiger partial charge in [-0.05, 0) is 48.2 Å². The minimum atomic E-state index is -3.65. The van der Waals surface area contributed by atoms with Crippen molar-refractivity contribution in [3.05, 3.63) is 77.4 Å². The van der Waals surface area contributed by atoms with Gasteiger partial charge in [-0.25, -0.2) is 12.8 Å². The summed E-state index contributed by atoms with van der Waals surface area (Å²) in [5.41, 5.74) is 5.44. The Hall–Kier alpha value is -3.44. The number of anilines is 1. The second-order valence-electron chi connectivity index (χ2n) is 6.64. The summed E-state index contributed by atoms with van der Waals surface area (Å²) < 4.78 is 46.0. The first-order valence-corrected chi connectivity index (χ1v) is 11.8. The molecular formula is C21H20FN3O5S2. The van der Waals surface area contributed by atoms with Gasteiger partial charge in [0.25, 0.3) is 15.9 Å². The number of hydrogen-bond donors (Lipinski definition) is 3. The van der Waals surface area contributed by atoms with Crippen LogP contribution in [-0.4, -0.2) is 26.3 Å². The number of hydrogen-bond acceptors (Lipinski definition) is 6. The van der Waals surface area contributed by atoms with Gasteiger partial charge in [0.05, 0.1) is 6.42 Å². The molecule has 0 aliphatic rings. The van der Waals surface area contributed by atoms with Gasteiger partial charge in [-0.1, -0.05) is 30.3 Å². The molecule has 32 heavy (non-hydrogen) atoms. The van der Waals surface area contributed by atoms with E-state index in [1.54, 1.807) is 29.6 Å². The van der Waals surface area contributed by atoms with Crippen LogP contribution in [0.1, 0.15) is 12.5 Å². The third-order valence-electron chi connectivity index (χ3n) is 4.17. The van der Waals surface area contributed by atoms with E-state index in [4.69, 9.17) is 4.74 Å². The lowest BCUT2D eigenvalue weighted by atomic mass is 10.1. The summed E-state index contributed by atoms with van der Waals surface area (Å²) in [6, 6.07) is 15.1. The molecule has 3 N–H and O–H groups in total. The van der Waals surface area contributed by atoms with E-state index in [1.165, 1.54) is 43.3 Å². The maximum Gasteiger partial charge on any atom is 0.279 e. The van der Waals surface area contributed by atoms with Crippen LogP contribution in [0.2, 0.25) is 0 Å². The van der Waals surface area contributed by atoms with Crippen molar-refractivity contribution >= 4 is 38.9 Å². The Kier molecular flexibility index (Phi) is 7.44. The average Bonchev–Trinajstić information content (AvgIpc) is 3.31. The zero-order valence-electron chi connectivity index (χ0n) is 16.9. The molecule has 2 aromatic carbocycles. The predicted octanol–water partition coefficient (Wildman–Crippen LogP) is 2.85. The molecular weight excluding hydrogens is 457 g/mol. The van der Waals surface area contributed by atoms with Crippen LogP contribution in [0.3, 0.4) is 0 Å². The number of amides is 2. The van der Waals surface area contributed by atoms with Crippen LogP contribution < -0.4 is 20.3 Å². The molecule has 0 radical (unpaired) electrons. The predicted molar refractivity (Wildman–Crippen MR) is 118 cm³/mol. The summed E-state index contributed by atoms with van der Waals surface area (Å²) >= 11 is 1.11. The second kappa shape index (κ2) is 10.2. The highest BCUT2D eigenvalue weighted by Gasteiger charge is 2.18. The molecule has 1 heterocycles. The number of rotatable bonds is 8. The summed E-state index contributed by atoms with van der Waals surface area (Å²) in [7, 11) is -3.65. The first kappa shape index (κ1) is 23.2. The Balaban J connectivity index is 1.47. The minimum Gasteiger partial charge on any atom is -0.478 e. The molecule has 0 saturated heterocycles. The molecule has 0 saturated carbocycles. The third-order valence-corrected chi connectivity index (χ3v) is 6.94. The quantitative estimate of drug-likeness (QED) is 0.432. The van der Waals surface area contributed by atoms with Crippen LogP contribution >= 0.6 is 11.3 Å². The fourth-order valence-corrected chi connectivity index (χ4v) is 4.61. The maximum absolute atomic E-state index is 13.6. The molecule has 0 aliphatic carbocycles. The molecule has 168 valence electrons. The molecule has 3 aromatic rings. The second-order valence-corrected chi connectivity index (χ2v) is 9.50. The van der Waals surface area contributed by atoms with Gasteiger partial charge in [0, 0.05) is 5.69 Å². The standard InChI is InChI=1S/C21H20FN3O5S2/c1-14(30-18-6-3-2-5-17(18)22)21(27)24-23-19(26)13-15-8-10-16(11-9-15)25-32(28,29)20-7-4-12-31-20/h2-12,14,25H,13H2,1H3,(H,23,26)(H,24,27). The molecule has 11 heteroatoms. The number of thiophene rings is 1. The fraction of sp³-hybridized carbons (Fsp3) is 0.143. The molecule has 8 nitrogen and oxygen atoms in total. The molecule has 0 fully saturated rings. The highest BCUT2D eigenvalue weighted by atomic mass is 32.2. The van der Waals surface area contributed by atoms with E-state index < -0.39 is 33.8 Å². The molecule has 0 bridgehead atoms. The Morgan fingerprint density at radius 3 is 2.41 bits per heavy atom. The number of carbonyl (C=O) groups excluding carboxylic acids is 2. The summed E-state index contributed by atoms with van der Waals surface area (Å²) in [6.45, 7) is 1.42. The average molecular weight is 478 g/mol. The van der Waals surface area contributed by atoms with Crippen LogP contribution in [0.4, 0.5) is 10.1 Å². The molecule has 3 rings (SSSR count). The van der Waals surface area contributed by atoms with Crippen LogP contribution in [0.15, 0.2) is 70.3 Å². The van der Waals surface area contributed by atoms with Gasteiger partial charge in [0.2, 0.25) is 5.91 Å². The van der Waals surface area contributed by atoms with Gasteiger partial charge in [0.15, 0.2) is 17.7 Å². The Morgan fingerprint density at radius 2 is 1.75 bits per heavy atom. The van der Waals surface area contributed by atoms with Gasteiger partial charge in [-0.3, -0.25) is 25.2 Å². The zero-order chi connectivity index (χ0) is 23.1. The minimum absolute atomic E-state index is 0.0548. The molecule has 1 aromatic heterocycles. The number of hydrazine groups is 1. The lowest BCUT2D eigenvalue weighted by molar-refractivity contribution is -0.132. The van der Waals surface area contributed by atoms with E-state index in [0.717, 1.165) is 11.3 Å². The van der Waals surface area contributed by atoms with Crippen molar-refractivity contribution in [2.75, 3.05) is 4.72 Å². The van der Waals surface area contributed by atoms with E-state index in [0.29, 0.717) is 11.3 Å². The lowest BCUT2D eigenvalue weighted by Crippen LogP contribution is -2.47. The van der Waals surface area contributed by atoms with Crippen LogP contribution in [-0.2, 0) is 26.0 Å². The topological polar surface area (TPSA) is 114 Å². The van der Waals surface area contributed by atoms with Gasteiger partial charge in [-0.15, -0.1) is 11.3 Å². The summed E-state index contributed by atoms with van der Waals surface area (Å²) in [5, 5.41) is 1.67. The van der Waals surface area contributed by atoms with E-state index in [9.17, 15) is 22.4 Å². The Labute approximate surface area is 188 Å². The highest BCUT2D eigenvalue weighted by Crippen LogP contribution is 2.20. The number of nitrogens with one attached hydrogen (secondary N) is 3. The van der Waals surface area contributed by atoms with Crippen molar-refractivity contribution in [2.45, 2.75) is 23.7 Å². The van der Waals surface area contributed by atoms with Gasteiger partial charge in [-0.2, -0.15) is 0 Å². The number of halogens is 1. The SMILES string of the molecule is CC(Oc1ccccc1F)C(=O)NNC(=O)Cc1ccc(NS(=O)(=O)c2cccs2)cc1. The smallest absolute Gasteiger partial charge is 0.279 e. The van der Waals surface area contributed by atoms with Gasteiger partial charge in [0.1, 0.15) is 4.21 Å². The highest BCUT2D eigenvalue weighted by molar-refractivity contribution is 7.94. The molecule has 2 amide bonds. The van der Waals surface area contributed by atoms with Gasteiger partial charge < -0.3 is 4.74 Å². The fourth-order valence-electron chi connectivity index (χ4n) is 2.56. The van der Waals surface area contributed by atoms with E-state index in [-0.39, 0.29) is 16.4 Å². The largest absolute Gasteiger partial charge is 0.478 e. The van der Waals surface area contributed by atoms with Crippen LogP contribution in [0, 0.1) is 5.82 Å². The van der Waals surface area contributed by atoms with E-state index >= 15 is 0 Å². The number of ether oxygens (including phenoxy) is 1. The Bertz CT molecular complexity index is 1180.